The van der Waals surface area contributed by atoms with E-state index in [1.165, 1.54) is 0 Å². The summed E-state index contributed by atoms with van der Waals surface area (Å²) in [4.78, 5) is 14.0. The van der Waals surface area contributed by atoms with Crippen LogP contribution in [0, 0.1) is 0 Å². The van der Waals surface area contributed by atoms with Crippen molar-refractivity contribution in [3.8, 4) is 0 Å². The SMILES string of the molecule is CN(CC(=O)NC1(C)CCS(=O)(=O)C1)Cc1ccc(Cl)cc1. The fourth-order valence-electron chi connectivity index (χ4n) is 2.69. The summed E-state index contributed by atoms with van der Waals surface area (Å²) in [5.41, 5.74) is 0.422. The second-order valence-corrected chi connectivity index (χ2v) is 8.87. The van der Waals surface area contributed by atoms with Crippen LogP contribution in [0.4, 0.5) is 0 Å². The minimum absolute atomic E-state index is 0.0205. The van der Waals surface area contributed by atoms with E-state index in [0.29, 0.717) is 18.0 Å². The summed E-state index contributed by atoms with van der Waals surface area (Å²) in [7, 11) is -1.17. The Bertz CT molecular complexity index is 645. The predicted molar refractivity (Wildman–Crippen MR) is 87.6 cm³/mol. The van der Waals surface area contributed by atoms with E-state index in [1.807, 2.05) is 36.2 Å². The average molecular weight is 345 g/mol. The summed E-state index contributed by atoms with van der Waals surface area (Å²) in [5, 5.41) is 3.54. The third-order valence-electron chi connectivity index (χ3n) is 3.72. The first-order valence-corrected chi connectivity index (χ1v) is 9.32. The zero-order valence-corrected chi connectivity index (χ0v) is 14.4. The molecule has 1 aliphatic heterocycles. The van der Waals surface area contributed by atoms with Crippen LogP contribution in [0.25, 0.3) is 0 Å². The molecule has 1 aromatic rings. The third-order valence-corrected chi connectivity index (χ3v) is 5.88. The van der Waals surface area contributed by atoms with Gasteiger partial charge in [-0.15, -0.1) is 0 Å². The van der Waals surface area contributed by atoms with Crippen molar-refractivity contribution in [2.24, 2.45) is 0 Å². The number of carbonyl (C=O) groups is 1. The van der Waals surface area contributed by atoms with Gasteiger partial charge in [0.1, 0.15) is 0 Å². The van der Waals surface area contributed by atoms with Crippen LogP contribution >= 0.6 is 11.6 Å². The fourth-order valence-corrected chi connectivity index (χ4v) is 4.91. The molecule has 0 spiro atoms. The summed E-state index contributed by atoms with van der Waals surface area (Å²) in [5.74, 6) is 0.00730. The van der Waals surface area contributed by atoms with Gasteiger partial charge >= 0.3 is 0 Å². The van der Waals surface area contributed by atoms with Gasteiger partial charge in [0, 0.05) is 11.6 Å². The first kappa shape index (κ1) is 17.2. The number of amides is 1. The molecule has 1 amide bonds. The molecule has 2 rings (SSSR count). The number of nitrogens with one attached hydrogen (secondary N) is 1. The summed E-state index contributed by atoms with van der Waals surface area (Å²) in [6, 6.07) is 7.47. The number of likely N-dealkylation sites (N-methyl/N-ethyl adjacent to an activating group) is 1. The first-order valence-electron chi connectivity index (χ1n) is 7.12. The van der Waals surface area contributed by atoms with Crippen LogP contribution in [-0.2, 0) is 21.2 Å². The molecule has 22 heavy (non-hydrogen) atoms. The van der Waals surface area contributed by atoms with Gasteiger partial charge < -0.3 is 5.32 Å². The normalized spacial score (nSPS) is 23.6. The quantitative estimate of drug-likeness (QED) is 0.878. The zero-order chi connectivity index (χ0) is 16.4. The minimum atomic E-state index is -3.02. The molecule has 1 aliphatic rings. The molecule has 1 atom stereocenters. The predicted octanol–water partition coefficient (Wildman–Crippen LogP) is 1.47. The van der Waals surface area contributed by atoms with E-state index in [-0.39, 0.29) is 24.0 Å². The van der Waals surface area contributed by atoms with Crippen molar-refractivity contribution in [2.75, 3.05) is 25.1 Å². The first-order chi connectivity index (χ1) is 10.2. The van der Waals surface area contributed by atoms with Crippen LogP contribution in [0.1, 0.15) is 18.9 Å². The summed E-state index contributed by atoms with van der Waals surface area (Å²) in [6.45, 7) is 2.63. The molecule has 1 heterocycles. The van der Waals surface area contributed by atoms with Crippen LogP contribution < -0.4 is 5.32 Å². The van der Waals surface area contributed by atoms with E-state index in [9.17, 15) is 13.2 Å². The molecule has 1 N–H and O–H groups in total. The Morgan fingerprint density at radius 3 is 2.55 bits per heavy atom. The molecular weight excluding hydrogens is 324 g/mol. The van der Waals surface area contributed by atoms with Crippen molar-refractivity contribution in [3.05, 3.63) is 34.9 Å². The lowest BCUT2D eigenvalue weighted by Gasteiger charge is -2.25. The van der Waals surface area contributed by atoms with Gasteiger partial charge in [-0.2, -0.15) is 0 Å². The van der Waals surface area contributed by atoms with Crippen LogP contribution in [-0.4, -0.2) is 49.9 Å². The molecule has 1 unspecified atom stereocenters. The Morgan fingerprint density at radius 2 is 2.00 bits per heavy atom. The molecule has 1 fully saturated rings. The van der Waals surface area contributed by atoms with Gasteiger partial charge in [-0.25, -0.2) is 8.42 Å². The maximum absolute atomic E-state index is 12.1. The Labute approximate surface area is 136 Å². The number of halogens is 1. The third kappa shape index (κ3) is 4.97. The lowest BCUT2D eigenvalue weighted by atomic mass is 10.0. The van der Waals surface area contributed by atoms with Crippen molar-refractivity contribution in [3.63, 3.8) is 0 Å². The minimum Gasteiger partial charge on any atom is -0.349 e. The Hall–Kier alpha value is -1.11. The Balaban J connectivity index is 1.85. The van der Waals surface area contributed by atoms with Crippen LogP contribution in [0.2, 0.25) is 5.02 Å². The average Bonchev–Trinajstić information content (AvgIpc) is 2.65. The molecule has 0 radical (unpaired) electrons. The van der Waals surface area contributed by atoms with Crippen molar-refractivity contribution in [1.29, 1.82) is 0 Å². The molecule has 0 aromatic heterocycles. The van der Waals surface area contributed by atoms with Crippen molar-refractivity contribution < 1.29 is 13.2 Å². The number of benzene rings is 1. The van der Waals surface area contributed by atoms with Crippen LogP contribution in [0.3, 0.4) is 0 Å². The van der Waals surface area contributed by atoms with Gasteiger partial charge in [0.25, 0.3) is 0 Å². The van der Waals surface area contributed by atoms with Gasteiger partial charge in [-0.05, 0) is 38.1 Å². The lowest BCUT2D eigenvalue weighted by molar-refractivity contribution is -0.123. The van der Waals surface area contributed by atoms with Gasteiger partial charge in [0.15, 0.2) is 9.84 Å². The molecule has 0 saturated carbocycles. The molecule has 0 bridgehead atoms. The van der Waals surface area contributed by atoms with Crippen LogP contribution in [0.15, 0.2) is 24.3 Å². The highest BCUT2D eigenvalue weighted by Gasteiger charge is 2.39. The molecule has 1 aromatic carbocycles. The van der Waals surface area contributed by atoms with E-state index in [4.69, 9.17) is 11.6 Å². The van der Waals surface area contributed by atoms with Gasteiger partial charge in [-0.3, -0.25) is 9.69 Å². The number of carbonyl (C=O) groups excluding carboxylic acids is 1. The highest BCUT2D eigenvalue weighted by atomic mass is 35.5. The molecule has 0 aliphatic carbocycles. The van der Waals surface area contributed by atoms with Gasteiger partial charge in [0.05, 0.1) is 23.6 Å². The van der Waals surface area contributed by atoms with E-state index >= 15 is 0 Å². The van der Waals surface area contributed by atoms with E-state index in [1.54, 1.807) is 6.92 Å². The highest BCUT2D eigenvalue weighted by Crippen LogP contribution is 2.22. The second-order valence-electron chi connectivity index (χ2n) is 6.25. The van der Waals surface area contributed by atoms with E-state index in [2.05, 4.69) is 5.32 Å². The highest BCUT2D eigenvalue weighted by molar-refractivity contribution is 7.91. The maximum atomic E-state index is 12.1. The van der Waals surface area contributed by atoms with Gasteiger partial charge in [0.2, 0.25) is 5.91 Å². The fraction of sp³-hybridized carbons (Fsp3) is 0.533. The topological polar surface area (TPSA) is 66.5 Å². The summed E-state index contributed by atoms with van der Waals surface area (Å²) in [6.07, 6.45) is 0.474. The number of hydrogen-bond acceptors (Lipinski definition) is 4. The number of hydrogen-bond donors (Lipinski definition) is 1. The monoisotopic (exact) mass is 344 g/mol. The lowest BCUT2D eigenvalue weighted by Crippen LogP contribution is -2.49. The van der Waals surface area contributed by atoms with Gasteiger partial charge in [-0.1, -0.05) is 23.7 Å². The van der Waals surface area contributed by atoms with E-state index < -0.39 is 15.4 Å². The molecule has 7 heteroatoms. The van der Waals surface area contributed by atoms with Crippen molar-refractivity contribution in [2.45, 2.75) is 25.4 Å². The van der Waals surface area contributed by atoms with Crippen molar-refractivity contribution >= 4 is 27.3 Å². The molecular formula is C15H21ClN2O3S. The molecule has 122 valence electrons. The van der Waals surface area contributed by atoms with Crippen LogP contribution in [0.5, 0.6) is 0 Å². The smallest absolute Gasteiger partial charge is 0.234 e. The Morgan fingerprint density at radius 1 is 1.36 bits per heavy atom. The number of rotatable bonds is 5. The summed E-state index contributed by atoms with van der Waals surface area (Å²) < 4.78 is 23.1. The zero-order valence-electron chi connectivity index (χ0n) is 12.8. The Kier molecular flexibility index (Phi) is 5.14. The summed E-state index contributed by atoms with van der Waals surface area (Å²) >= 11 is 5.84. The largest absolute Gasteiger partial charge is 0.349 e. The van der Waals surface area contributed by atoms with E-state index in [0.717, 1.165) is 5.56 Å². The standard InChI is InChI=1S/C15H21ClN2O3S/c1-15(7-8-22(20,21)11-15)17-14(19)10-18(2)9-12-3-5-13(16)6-4-12/h3-6H,7-11H2,1-2H3,(H,17,19). The number of sulfone groups is 1. The second kappa shape index (κ2) is 6.56. The molecule has 1 saturated heterocycles. The number of nitrogens with zero attached hydrogens (tertiary/aromatic N) is 1. The van der Waals surface area contributed by atoms with Crippen molar-refractivity contribution in [1.82, 2.24) is 10.2 Å². The molecule has 5 nitrogen and oxygen atoms in total. The maximum Gasteiger partial charge on any atom is 0.234 e.